The van der Waals surface area contributed by atoms with Crippen LogP contribution in [0.1, 0.15) is 20.8 Å². The summed E-state index contributed by atoms with van der Waals surface area (Å²) in [5.41, 5.74) is 0. The van der Waals surface area contributed by atoms with Crippen molar-refractivity contribution in [2.45, 2.75) is 26.6 Å². The number of ketones is 1. The average molecular weight is 143 g/mol. The monoisotopic (exact) mass is 143 g/mol. The van der Waals surface area contributed by atoms with Crippen LogP contribution in [0.5, 0.6) is 0 Å². The van der Waals surface area contributed by atoms with Crippen molar-refractivity contribution in [3.63, 3.8) is 0 Å². The normalized spacial score (nSPS) is 13.4. The van der Waals surface area contributed by atoms with Gasteiger partial charge in [0.2, 0.25) is 0 Å². The van der Waals surface area contributed by atoms with Crippen LogP contribution in [0, 0.1) is 5.92 Å². The van der Waals surface area contributed by atoms with Gasteiger partial charge in [0.05, 0.1) is 0 Å². The maximum Gasteiger partial charge on any atom is 0.198 e. The zero-order chi connectivity index (χ0) is 7.44. The molecule has 0 saturated heterocycles. The van der Waals surface area contributed by atoms with Crippen molar-refractivity contribution < 1.29 is 4.79 Å². The van der Waals surface area contributed by atoms with Crippen molar-refractivity contribution in [2.75, 3.05) is 0 Å². The lowest BCUT2D eigenvalue weighted by Crippen LogP contribution is -2.14. The molecule has 0 N–H and O–H groups in total. The first-order valence-electron chi connectivity index (χ1n) is 3.11. The molecule has 0 aliphatic heterocycles. The standard InChI is InChI=1S/C6H12BOS/c1-4(2)6(8)5(3)7-9/h4-5,9H,1-3H3. The number of rotatable bonds is 3. The molecule has 0 bridgehead atoms. The van der Waals surface area contributed by atoms with E-state index < -0.39 is 0 Å². The van der Waals surface area contributed by atoms with Gasteiger partial charge in [-0.25, -0.2) is 12.5 Å². The Bertz CT molecular complexity index is 103. The Morgan fingerprint density at radius 1 is 1.44 bits per heavy atom. The zero-order valence-corrected chi connectivity index (χ0v) is 6.98. The average Bonchev–Trinajstić information content (AvgIpc) is 1.84. The summed E-state index contributed by atoms with van der Waals surface area (Å²) in [5.74, 6) is 0.377. The highest BCUT2D eigenvalue weighted by molar-refractivity contribution is 8.07. The van der Waals surface area contributed by atoms with E-state index in [4.69, 9.17) is 0 Å². The van der Waals surface area contributed by atoms with Crippen LogP contribution in [0.2, 0.25) is 5.82 Å². The molecule has 0 aromatic carbocycles. The van der Waals surface area contributed by atoms with E-state index in [9.17, 15) is 4.79 Å². The Kier molecular flexibility index (Phi) is 4.03. The van der Waals surface area contributed by atoms with Crippen LogP contribution in [0.3, 0.4) is 0 Å². The molecule has 0 aliphatic rings. The molecule has 1 radical (unpaired) electrons. The molecule has 1 atom stereocenters. The van der Waals surface area contributed by atoms with Gasteiger partial charge in [0.15, 0.2) is 6.56 Å². The topological polar surface area (TPSA) is 17.1 Å². The molecule has 1 unspecified atom stereocenters. The first-order chi connectivity index (χ1) is 4.09. The molecule has 0 aliphatic carbocycles. The van der Waals surface area contributed by atoms with Crippen molar-refractivity contribution in [3.8, 4) is 0 Å². The summed E-state index contributed by atoms with van der Waals surface area (Å²) in [5, 5.41) is 0. The van der Waals surface area contributed by atoms with Crippen LogP contribution in [-0.2, 0) is 4.79 Å². The third-order valence-corrected chi connectivity index (χ3v) is 1.69. The minimum absolute atomic E-state index is 0.00617. The van der Waals surface area contributed by atoms with Gasteiger partial charge in [-0.2, -0.15) is 0 Å². The molecule has 0 heterocycles. The molecule has 51 valence electrons. The van der Waals surface area contributed by atoms with Gasteiger partial charge in [0.1, 0.15) is 5.78 Å². The Labute approximate surface area is 62.8 Å². The van der Waals surface area contributed by atoms with Gasteiger partial charge in [-0.05, 0) is 5.82 Å². The van der Waals surface area contributed by atoms with Crippen molar-refractivity contribution >= 4 is 24.8 Å². The maximum atomic E-state index is 11.0. The van der Waals surface area contributed by atoms with Crippen LogP contribution in [0.25, 0.3) is 0 Å². The van der Waals surface area contributed by atoms with Crippen molar-refractivity contribution in [2.24, 2.45) is 5.92 Å². The lowest BCUT2D eigenvalue weighted by molar-refractivity contribution is -0.121. The summed E-state index contributed by atoms with van der Waals surface area (Å²) in [6, 6.07) is 0. The predicted molar refractivity (Wildman–Crippen MR) is 44.0 cm³/mol. The van der Waals surface area contributed by atoms with Gasteiger partial charge in [-0.3, -0.25) is 4.79 Å². The Morgan fingerprint density at radius 2 is 1.89 bits per heavy atom. The summed E-state index contributed by atoms with van der Waals surface area (Å²) >= 11 is 3.90. The van der Waals surface area contributed by atoms with Crippen molar-refractivity contribution in [3.05, 3.63) is 0 Å². The fourth-order valence-corrected chi connectivity index (χ4v) is 0.746. The SMILES string of the molecule is CC(C)C(=O)C(C)[B]S. The molecule has 0 amide bonds. The van der Waals surface area contributed by atoms with Crippen LogP contribution in [0.4, 0.5) is 0 Å². The van der Waals surface area contributed by atoms with Gasteiger partial charge >= 0.3 is 0 Å². The Balaban J connectivity index is 3.73. The molecular formula is C6H12BOS. The predicted octanol–water partition coefficient (Wildman–Crippen LogP) is 1.57. The maximum absolute atomic E-state index is 11.0. The molecule has 0 saturated carbocycles. The molecule has 1 nitrogen and oxygen atoms in total. The minimum atomic E-state index is -0.00617. The summed E-state index contributed by atoms with van der Waals surface area (Å²) in [4.78, 5) is 11.0. The summed E-state index contributed by atoms with van der Waals surface area (Å²) in [6.07, 6.45) is 0. The number of hydrogen-bond donors (Lipinski definition) is 1. The number of carbonyl (C=O) groups is 1. The lowest BCUT2D eigenvalue weighted by atomic mass is 9.80. The smallest absolute Gasteiger partial charge is 0.198 e. The number of thiol groups is 1. The highest BCUT2D eigenvalue weighted by Gasteiger charge is 2.14. The zero-order valence-electron chi connectivity index (χ0n) is 6.09. The van der Waals surface area contributed by atoms with Crippen LogP contribution < -0.4 is 0 Å². The van der Waals surface area contributed by atoms with E-state index >= 15 is 0 Å². The van der Waals surface area contributed by atoms with Crippen LogP contribution in [0.15, 0.2) is 0 Å². The van der Waals surface area contributed by atoms with Crippen molar-refractivity contribution in [1.82, 2.24) is 0 Å². The fourth-order valence-electron chi connectivity index (χ4n) is 0.599. The van der Waals surface area contributed by atoms with E-state index in [2.05, 4.69) is 12.5 Å². The van der Waals surface area contributed by atoms with Crippen LogP contribution >= 0.6 is 12.5 Å². The second-order valence-corrected chi connectivity index (χ2v) is 2.79. The van der Waals surface area contributed by atoms with E-state index in [0.717, 1.165) is 0 Å². The molecule has 0 rings (SSSR count). The molecule has 3 heteroatoms. The van der Waals surface area contributed by atoms with Gasteiger partial charge in [-0.15, -0.1) is 0 Å². The largest absolute Gasteiger partial charge is 0.300 e. The highest BCUT2D eigenvalue weighted by Crippen LogP contribution is 2.10. The van der Waals surface area contributed by atoms with Gasteiger partial charge in [0.25, 0.3) is 0 Å². The minimum Gasteiger partial charge on any atom is -0.300 e. The Morgan fingerprint density at radius 3 is 2.00 bits per heavy atom. The van der Waals surface area contributed by atoms with E-state index in [1.54, 1.807) is 6.56 Å². The number of Topliss-reactive ketones (excluding diaryl/α,β-unsaturated/α-hetero) is 1. The lowest BCUT2D eigenvalue weighted by Gasteiger charge is -2.07. The third-order valence-electron chi connectivity index (χ3n) is 1.24. The summed E-state index contributed by atoms with van der Waals surface area (Å²) in [7, 11) is 0. The van der Waals surface area contributed by atoms with E-state index in [1.807, 2.05) is 20.8 Å². The molecule has 0 fully saturated rings. The molecular weight excluding hydrogens is 131 g/mol. The summed E-state index contributed by atoms with van der Waals surface area (Å²) in [6.45, 7) is 7.28. The molecule has 0 aromatic rings. The second kappa shape index (κ2) is 3.99. The van der Waals surface area contributed by atoms with Gasteiger partial charge in [0, 0.05) is 5.92 Å². The Hall–Kier alpha value is 0.0849. The number of carbonyl (C=O) groups excluding carboxylic acids is 1. The molecule has 0 spiro atoms. The van der Waals surface area contributed by atoms with Gasteiger partial charge in [-0.1, -0.05) is 20.8 Å². The molecule has 0 aromatic heterocycles. The second-order valence-electron chi connectivity index (χ2n) is 2.49. The summed E-state index contributed by atoms with van der Waals surface area (Å²) < 4.78 is 0. The number of hydrogen-bond acceptors (Lipinski definition) is 2. The molecule has 9 heavy (non-hydrogen) atoms. The first kappa shape index (κ1) is 9.08. The first-order valence-corrected chi connectivity index (χ1v) is 3.62. The van der Waals surface area contributed by atoms with E-state index in [-0.39, 0.29) is 17.5 Å². The third kappa shape index (κ3) is 2.94. The fraction of sp³-hybridized carbons (Fsp3) is 0.833. The quantitative estimate of drug-likeness (QED) is 0.468. The van der Waals surface area contributed by atoms with Crippen LogP contribution in [-0.4, -0.2) is 12.3 Å². The highest BCUT2D eigenvalue weighted by atomic mass is 32.1. The van der Waals surface area contributed by atoms with Crippen molar-refractivity contribution in [1.29, 1.82) is 0 Å². The van der Waals surface area contributed by atoms with E-state index in [1.165, 1.54) is 0 Å². The van der Waals surface area contributed by atoms with Gasteiger partial charge < -0.3 is 0 Å². The van der Waals surface area contributed by atoms with E-state index in [0.29, 0.717) is 0 Å².